The van der Waals surface area contributed by atoms with Crippen LogP contribution in [0.3, 0.4) is 0 Å². The largest absolute Gasteiger partial charge is 0.491 e. The number of ether oxygens (including phenoxy) is 2. The maximum Gasteiger partial charge on any atom is 0.124 e. The summed E-state index contributed by atoms with van der Waals surface area (Å²) in [6.07, 6.45) is 0.161. The molecule has 1 N–H and O–H groups in total. The van der Waals surface area contributed by atoms with Crippen LogP contribution < -0.4 is 10.1 Å². The number of para-hydroxylation sites is 1. The molecule has 0 aliphatic heterocycles. The molecule has 108 valence electrons. The van der Waals surface area contributed by atoms with E-state index in [1.165, 1.54) is 0 Å². The fourth-order valence-corrected chi connectivity index (χ4v) is 2.41. The van der Waals surface area contributed by atoms with Crippen LogP contribution in [0.2, 0.25) is 0 Å². The molecule has 0 bridgehead atoms. The highest BCUT2D eigenvalue weighted by molar-refractivity contribution is 5.37. The Morgan fingerprint density at radius 2 is 1.84 bits per heavy atom. The third-order valence-corrected chi connectivity index (χ3v) is 3.09. The van der Waals surface area contributed by atoms with Crippen LogP contribution in [0, 0.1) is 0 Å². The normalized spacial score (nSPS) is 13.6. The number of hydrogen-bond donors (Lipinski definition) is 1. The van der Waals surface area contributed by atoms with Gasteiger partial charge in [-0.2, -0.15) is 0 Å². The van der Waals surface area contributed by atoms with Gasteiger partial charge >= 0.3 is 0 Å². The van der Waals surface area contributed by atoms with Gasteiger partial charge in [0.15, 0.2) is 0 Å². The molecule has 19 heavy (non-hydrogen) atoms. The lowest BCUT2D eigenvalue weighted by molar-refractivity contribution is -0.0381. The van der Waals surface area contributed by atoms with Crippen molar-refractivity contribution >= 4 is 0 Å². The minimum atomic E-state index is -0.292. The van der Waals surface area contributed by atoms with Crippen LogP contribution in [0.25, 0.3) is 0 Å². The van der Waals surface area contributed by atoms with Crippen molar-refractivity contribution in [3.8, 4) is 5.75 Å². The first-order valence-electron chi connectivity index (χ1n) is 6.99. The lowest BCUT2D eigenvalue weighted by Gasteiger charge is -2.35. The molecule has 1 unspecified atom stereocenters. The third-order valence-electron chi connectivity index (χ3n) is 3.09. The minimum Gasteiger partial charge on any atom is -0.491 e. The monoisotopic (exact) mass is 265 g/mol. The Morgan fingerprint density at radius 3 is 2.37 bits per heavy atom. The molecule has 0 radical (unpaired) electrons. The lowest BCUT2D eigenvalue weighted by atomic mass is 9.91. The van der Waals surface area contributed by atoms with Crippen LogP contribution in [0.4, 0.5) is 0 Å². The predicted octanol–water partition coefficient (Wildman–Crippen LogP) is 3.55. The smallest absolute Gasteiger partial charge is 0.124 e. The van der Waals surface area contributed by atoms with Gasteiger partial charge in [-0.25, -0.2) is 0 Å². The standard InChI is InChI=1S/C16H27NO2/c1-7-18-16(4,5)15(17-6)13-10-8-9-11-14(13)19-12(2)3/h8-12,15,17H,7H2,1-6H3. The van der Waals surface area contributed by atoms with Crippen molar-refractivity contribution in [3.05, 3.63) is 29.8 Å². The maximum atomic E-state index is 5.91. The summed E-state index contributed by atoms with van der Waals surface area (Å²) in [7, 11) is 1.96. The minimum absolute atomic E-state index is 0.0856. The van der Waals surface area contributed by atoms with Crippen molar-refractivity contribution in [2.45, 2.75) is 52.4 Å². The van der Waals surface area contributed by atoms with Gasteiger partial charge in [0.1, 0.15) is 5.75 Å². The molecule has 1 atom stereocenters. The zero-order chi connectivity index (χ0) is 14.5. The first-order chi connectivity index (χ1) is 8.92. The highest BCUT2D eigenvalue weighted by atomic mass is 16.5. The molecule has 0 spiro atoms. The molecule has 3 heteroatoms. The number of hydrogen-bond acceptors (Lipinski definition) is 3. The Kier molecular flexibility index (Phi) is 5.83. The van der Waals surface area contributed by atoms with Crippen molar-refractivity contribution in [1.82, 2.24) is 5.32 Å². The average Bonchev–Trinajstić information content (AvgIpc) is 2.31. The molecule has 1 aromatic rings. The average molecular weight is 265 g/mol. The van der Waals surface area contributed by atoms with Gasteiger partial charge in [-0.05, 0) is 47.7 Å². The molecule has 0 aliphatic rings. The summed E-state index contributed by atoms with van der Waals surface area (Å²) in [5, 5.41) is 3.35. The first kappa shape index (κ1) is 16.0. The molecular formula is C16H27NO2. The molecule has 0 heterocycles. The van der Waals surface area contributed by atoms with Crippen LogP contribution in [0.1, 0.15) is 46.2 Å². The van der Waals surface area contributed by atoms with Crippen molar-refractivity contribution < 1.29 is 9.47 Å². The van der Waals surface area contributed by atoms with Crippen LogP contribution >= 0.6 is 0 Å². The van der Waals surface area contributed by atoms with Crippen LogP contribution in [-0.4, -0.2) is 25.4 Å². The first-order valence-corrected chi connectivity index (χ1v) is 6.99. The van der Waals surface area contributed by atoms with E-state index >= 15 is 0 Å². The Bertz CT molecular complexity index is 388. The number of likely N-dealkylation sites (N-methyl/N-ethyl adjacent to an activating group) is 1. The molecular weight excluding hydrogens is 238 g/mol. The Morgan fingerprint density at radius 1 is 1.21 bits per heavy atom. The predicted molar refractivity (Wildman–Crippen MR) is 79.7 cm³/mol. The second-order valence-corrected chi connectivity index (χ2v) is 5.46. The van der Waals surface area contributed by atoms with Crippen LogP contribution in [0.15, 0.2) is 24.3 Å². The van der Waals surface area contributed by atoms with E-state index in [9.17, 15) is 0 Å². The van der Waals surface area contributed by atoms with E-state index in [4.69, 9.17) is 9.47 Å². The highest BCUT2D eigenvalue weighted by Crippen LogP contribution is 2.34. The zero-order valence-corrected chi connectivity index (χ0v) is 13.0. The van der Waals surface area contributed by atoms with E-state index in [2.05, 4.69) is 25.2 Å². The maximum absolute atomic E-state index is 5.91. The van der Waals surface area contributed by atoms with Crippen molar-refractivity contribution in [1.29, 1.82) is 0 Å². The van der Waals surface area contributed by atoms with E-state index in [1.807, 2.05) is 46.0 Å². The van der Waals surface area contributed by atoms with E-state index in [0.717, 1.165) is 11.3 Å². The highest BCUT2D eigenvalue weighted by Gasteiger charge is 2.32. The fourth-order valence-electron chi connectivity index (χ4n) is 2.41. The van der Waals surface area contributed by atoms with Gasteiger partial charge in [0, 0.05) is 12.2 Å². The van der Waals surface area contributed by atoms with Gasteiger partial charge in [0.05, 0.1) is 17.7 Å². The molecule has 0 fully saturated rings. The molecule has 1 rings (SSSR count). The van der Waals surface area contributed by atoms with Gasteiger partial charge in [-0.3, -0.25) is 0 Å². The number of benzene rings is 1. The fraction of sp³-hybridized carbons (Fsp3) is 0.625. The summed E-state index contributed by atoms with van der Waals surface area (Å²) in [5.41, 5.74) is 0.845. The number of nitrogens with one attached hydrogen (secondary N) is 1. The van der Waals surface area contributed by atoms with Gasteiger partial charge in [0.25, 0.3) is 0 Å². The number of rotatable bonds is 7. The van der Waals surface area contributed by atoms with Gasteiger partial charge < -0.3 is 14.8 Å². The van der Waals surface area contributed by atoms with Gasteiger partial charge in [0.2, 0.25) is 0 Å². The Balaban J connectivity index is 3.10. The summed E-state index contributed by atoms with van der Waals surface area (Å²) >= 11 is 0. The summed E-state index contributed by atoms with van der Waals surface area (Å²) in [5.74, 6) is 0.921. The van der Waals surface area contributed by atoms with Crippen LogP contribution in [-0.2, 0) is 4.74 Å². The second kappa shape index (κ2) is 6.92. The summed E-state index contributed by atoms with van der Waals surface area (Å²) in [4.78, 5) is 0. The summed E-state index contributed by atoms with van der Waals surface area (Å²) < 4.78 is 11.8. The Hall–Kier alpha value is -1.06. The molecule has 0 saturated heterocycles. The molecule has 0 saturated carbocycles. The summed E-state index contributed by atoms with van der Waals surface area (Å²) in [6, 6.07) is 8.24. The third kappa shape index (κ3) is 4.22. The second-order valence-electron chi connectivity index (χ2n) is 5.46. The topological polar surface area (TPSA) is 30.5 Å². The Labute approximate surface area is 117 Å². The van der Waals surface area contributed by atoms with Gasteiger partial charge in [-0.1, -0.05) is 18.2 Å². The quantitative estimate of drug-likeness (QED) is 0.818. The van der Waals surface area contributed by atoms with Gasteiger partial charge in [-0.15, -0.1) is 0 Å². The molecule has 0 amide bonds. The van der Waals surface area contributed by atoms with E-state index in [0.29, 0.717) is 6.61 Å². The van der Waals surface area contributed by atoms with Crippen molar-refractivity contribution in [2.24, 2.45) is 0 Å². The van der Waals surface area contributed by atoms with Crippen LogP contribution in [0.5, 0.6) is 5.75 Å². The molecule has 1 aromatic carbocycles. The summed E-state index contributed by atoms with van der Waals surface area (Å²) in [6.45, 7) is 11.0. The van der Waals surface area contributed by atoms with E-state index in [-0.39, 0.29) is 17.7 Å². The molecule has 3 nitrogen and oxygen atoms in total. The van der Waals surface area contributed by atoms with E-state index in [1.54, 1.807) is 0 Å². The zero-order valence-electron chi connectivity index (χ0n) is 13.0. The van der Waals surface area contributed by atoms with Crippen molar-refractivity contribution in [2.75, 3.05) is 13.7 Å². The lowest BCUT2D eigenvalue weighted by Crippen LogP contribution is -2.40. The molecule has 0 aliphatic carbocycles. The van der Waals surface area contributed by atoms with Crippen molar-refractivity contribution in [3.63, 3.8) is 0 Å². The SMILES string of the molecule is CCOC(C)(C)C(NC)c1ccccc1OC(C)C. The van der Waals surface area contributed by atoms with E-state index < -0.39 is 0 Å². The molecule has 0 aromatic heterocycles.